The molecule has 1 fully saturated rings. The first-order chi connectivity index (χ1) is 15.0. The first-order valence-corrected chi connectivity index (χ1v) is 10.5. The third kappa shape index (κ3) is 4.67. The predicted octanol–water partition coefficient (Wildman–Crippen LogP) is 1.85. The van der Waals surface area contributed by atoms with Crippen molar-refractivity contribution in [1.82, 2.24) is 19.8 Å². The Morgan fingerprint density at radius 2 is 1.42 bits per heavy atom. The molecule has 0 saturated carbocycles. The molecule has 4 rings (SSSR count). The van der Waals surface area contributed by atoms with E-state index in [2.05, 4.69) is 63.4 Å². The molecule has 0 atom stereocenters. The second-order valence-electron chi connectivity index (χ2n) is 7.83. The lowest BCUT2D eigenvalue weighted by molar-refractivity contribution is -0.132. The fourth-order valence-electron chi connectivity index (χ4n) is 4.22. The van der Waals surface area contributed by atoms with Gasteiger partial charge in [0, 0.05) is 37.4 Å². The van der Waals surface area contributed by atoms with E-state index < -0.39 is 11.2 Å². The van der Waals surface area contributed by atoms with Crippen molar-refractivity contribution in [2.24, 2.45) is 0 Å². The van der Waals surface area contributed by atoms with E-state index in [0.717, 1.165) is 13.1 Å². The van der Waals surface area contributed by atoms with Crippen LogP contribution >= 0.6 is 0 Å². The highest BCUT2D eigenvalue weighted by molar-refractivity contribution is 5.79. The highest BCUT2D eigenvalue weighted by atomic mass is 16.2. The number of carbonyl (C=O) groups is 1. The fraction of sp³-hybridized carbons (Fsp3) is 0.292. The normalized spacial score (nSPS) is 14.7. The average molecular weight is 418 g/mol. The lowest BCUT2D eigenvalue weighted by Gasteiger charge is -2.39. The molecule has 2 aromatic carbocycles. The first-order valence-electron chi connectivity index (χ1n) is 10.5. The van der Waals surface area contributed by atoms with E-state index in [1.807, 2.05) is 12.1 Å². The molecule has 0 radical (unpaired) electrons. The summed E-state index contributed by atoms with van der Waals surface area (Å²) < 4.78 is 0. The quantitative estimate of drug-likeness (QED) is 0.662. The first kappa shape index (κ1) is 20.8. The molecule has 160 valence electrons. The molecule has 1 aliphatic rings. The Morgan fingerprint density at radius 1 is 0.871 bits per heavy atom. The summed E-state index contributed by atoms with van der Waals surface area (Å²) in [5.41, 5.74) is 2.15. The van der Waals surface area contributed by atoms with E-state index in [1.54, 1.807) is 11.8 Å². The van der Waals surface area contributed by atoms with E-state index in [4.69, 9.17) is 0 Å². The van der Waals surface area contributed by atoms with Crippen molar-refractivity contribution < 1.29 is 4.79 Å². The van der Waals surface area contributed by atoms with Crippen LogP contribution in [0.3, 0.4) is 0 Å². The zero-order valence-electron chi connectivity index (χ0n) is 17.5. The standard InChI is InChI=1S/C24H26N4O3/c1-17-20(23(30)26-24(31)25-17)16-21(29)27-12-14-28(15-13-27)22(18-8-4-2-5-9-18)19-10-6-3-7-11-19/h2-11,22H,12-16H2,1H3,(H2,25,26,30,31). The number of nitrogens with one attached hydrogen (secondary N) is 2. The summed E-state index contributed by atoms with van der Waals surface area (Å²) in [7, 11) is 0. The van der Waals surface area contributed by atoms with Gasteiger partial charge in [-0.3, -0.25) is 19.5 Å². The number of carbonyl (C=O) groups excluding carboxylic acids is 1. The van der Waals surface area contributed by atoms with Crippen molar-refractivity contribution in [3.63, 3.8) is 0 Å². The third-order valence-electron chi connectivity index (χ3n) is 5.85. The van der Waals surface area contributed by atoms with Crippen LogP contribution in [0.25, 0.3) is 0 Å². The van der Waals surface area contributed by atoms with Crippen LogP contribution in [0, 0.1) is 6.92 Å². The van der Waals surface area contributed by atoms with Gasteiger partial charge in [0.05, 0.1) is 12.5 Å². The Bertz CT molecular complexity index is 1110. The van der Waals surface area contributed by atoms with Gasteiger partial charge in [0.25, 0.3) is 5.56 Å². The van der Waals surface area contributed by atoms with Crippen molar-refractivity contribution in [1.29, 1.82) is 0 Å². The Labute approximate surface area is 180 Å². The lowest BCUT2D eigenvalue weighted by Crippen LogP contribution is -2.50. The van der Waals surface area contributed by atoms with Crippen LogP contribution in [-0.2, 0) is 11.2 Å². The molecular formula is C24H26N4O3. The third-order valence-corrected chi connectivity index (χ3v) is 5.85. The zero-order chi connectivity index (χ0) is 21.8. The number of amides is 1. The molecule has 31 heavy (non-hydrogen) atoms. The van der Waals surface area contributed by atoms with Gasteiger partial charge < -0.3 is 9.88 Å². The second-order valence-corrected chi connectivity index (χ2v) is 7.83. The Kier molecular flexibility index (Phi) is 6.13. The fourth-order valence-corrected chi connectivity index (χ4v) is 4.22. The van der Waals surface area contributed by atoms with Crippen molar-refractivity contribution in [2.45, 2.75) is 19.4 Å². The summed E-state index contributed by atoms with van der Waals surface area (Å²) in [6.07, 6.45) is -0.0151. The SMILES string of the molecule is Cc1[nH]c(=O)[nH]c(=O)c1CC(=O)N1CCN(C(c2ccccc2)c2ccccc2)CC1. The second kappa shape index (κ2) is 9.14. The predicted molar refractivity (Wildman–Crippen MR) is 119 cm³/mol. The van der Waals surface area contributed by atoms with E-state index in [-0.39, 0.29) is 18.4 Å². The van der Waals surface area contributed by atoms with Crippen LogP contribution in [0.1, 0.15) is 28.4 Å². The minimum absolute atomic E-state index is 0.0151. The number of aromatic nitrogens is 2. The molecule has 7 heteroatoms. The maximum atomic E-state index is 12.8. The van der Waals surface area contributed by atoms with Crippen molar-refractivity contribution >= 4 is 5.91 Å². The molecule has 1 aromatic heterocycles. The monoisotopic (exact) mass is 418 g/mol. The van der Waals surface area contributed by atoms with Gasteiger partial charge in [-0.15, -0.1) is 0 Å². The van der Waals surface area contributed by atoms with Gasteiger partial charge in [-0.2, -0.15) is 0 Å². The molecule has 1 aliphatic heterocycles. The van der Waals surface area contributed by atoms with Crippen LogP contribution < -0.4 is 11.2 Å². The number of H-pyrrole nitrogens is 2. The number of aromatic amines is 2. The van der Waals surface area contributed by atoms with Crippen LogP contribution in [0.5, 0.6) is 0 Å². The van der Waals surface area contributed by atoms with E-state index in [0.29, 0.717) is 24.3 Å². The van der Waals surface area contributed by atoms with Gasteiger partial charge in [-0.1, -0.05) is 60.7 Å². The van der Waals surface area contributed by atoms with Gasteiger partial charge in [-0.05, 0) is 18.1 Å². The van der Waals surface area contributed by atoms with Crippen LogP contribution in [-0.4, -0.2) is 51.9 Å². The maximum Gasteiger partial charge on any atom is 0.325 e. The lowest BCUT2D eigenvalue weighted by atomic mass is 9.96. The largest absolute Gasteiger partial charge is 0.340 e. The smallest absolute Gasteiger partial charge is 0.325 e. The summed E-state index contributed by atoms with van der Waals surface area (Å²) in [6, 6.07) is 20.9. The number of piperazine rings is 1. The van der Waals surface area contributed by atoms with Crippen LogP contribution in [0.15, 0.2) is 70.3 Å². The van der Waals surface area contributed by atoms with Gasteiger partial charge in [0.2, 0.25) is 5.91 Å². The van der Waals surface area contributed by atoms with E-state index >= 15 is 0 Å². The minimum atomic E-state index is -0.555. The molecule has 0 aliphatic carbocycles. The van der Waals surface area contributed by atoms with Crippen molar-refractivity contribution in [3.8, 4) is 0 Å². The number of aryl methyl sites for hydroxylation is 1. The molecular weight excluding hydrogens is 392 g/mol. The number of nitrogens with zero attached hydrogens (tertiary/aromatic N) is 2. The van der Waals surface area contributed by atoms with Crippen LogP contribution in [0.2, 0.25) is 0 Å². The van der Waals surface area contributed by atoms with Crippen molar-refractivity contribution in [3.05, 3.63) is 104 Å². The molecule has 1 saturated heterocycles. The van der Waals surface area contributed by atoms with E-state index in [1.165, 1.54) is 11.1 Å². The zero-order valence-corrected chi connectivity index (χ0v) is 17.5. The number of rotatable bonds is 5. The molecule has 0 spiro atoms. The van der Waals surface area contributed by atoms with Gasteiger partial charge in [-0.25, -0.2) is 4.79 Å². The highest BCUT2D eigenvalue weighted by Gasteiger charge is 2.28. The van der Waals surface area contributed by atoms with Gasteiger partial charge >= 0.3 is 5.69 Å². The summed E-state index contributed by atoms with van der Waals surface area (Å²) in [5.74, 6) is -0.101. The Balaban J connectivity index is 1.47. The maximum absolute atomic E-state index is 12.8. The van der Waals surface area contributed by atoms with Gasteiger partial charge in [0.1, 0.15) is 0 Å². The molecule has 0 unspecified atom stereocenters. The number of hydrogen-bond acceptors (Lipinski definition) is 4. The van der Waals surface area contributed by atoms with Crippen LogP contribution in [0.4, 0.5) is 0 Å². The average Bonchev–Trinajstić information content (AvgIpc) is 2.78. The summed E-state index contributed by atoms with van der Waals surface area (Å²) in [4.78, 5) is 45.2. The number of benzene rings is 2. The molecule has 3 aromatic rings. The highest BCUT2D eigenvalue weighted by Crippen LogP contribution is 2.29. The summed E-state index contributed by atoms with van der Waals surface area (Å²) >= 11 is 0. The molecule has 7 nitrogen and oxygen atoms in total. The Morgan fingerprint density at radius 3 is 1.94 bits per heavy atom. The molecule has 2 N–H and O–H groups in total. The topological polar surface area (TPSA) is 89.3 Å². The Hall–Kier alpha value is -3.45. The minimum Gasteiger partial charge on any atom is -0.340 e. The molecule has 1 amide bonds. The summed E-state index contributed by atoms with van der Waals surface area (Å²) in [6.45, 7) is 4.30. The summed E-state index contributed by atoms with van der Waals surface area (Å²) in [5, 5.41) is 0. The van der Waals surface area contributed by atoms with Crippen molar-refractivity contribution in [2.75, 3.05) is 26.2 Å². The molecule has 0 bridgehead atoms. The van der Waals surface area contributed by atoms with Gasteiger partial charge in [0.15, 0.2) is 0 Å². The number of hydrogen-bond donors (Lipinski definition) is 2. The molecule has 2 heterocycles. The van der Waals surface area contributed by atoms with E-state index in [9.17, 15) is 14.4 Å².